The number of hydrogen-bond acceptors (Lipinski definition) is 5. The third-order valence-electron chi connectivity index (χ3n) is 3.09. The van der Waals surface area contributed by atoms with Crippen LogP contribution in [-0.4, -0.2) is 22.7 Å². The second-order valence-electron chi connectivity index (χ2n) is 4.60. The minimum absolute atomic E-state index is 0.266. The van der Waals surface area contributed by atoms with Crippen molar-refractivity contribution in [2.45, 2.75) is 25.2 Å². The van der Waals surface area contributed by atoms with Crippen LogP contribution >= 0.6 is 11.8 Å². The molecule has 112 valence electrons. The predicted octanol–water partition coefficient (Wildman–Crippen LogP) is 3.30. The maximum absolute atomic E-state index is 12.3. The molecule has 0 spiro atoms. The van der Waals surface area contributed by atoms with Crippen molar-refractivity contribution in [2.75, 3.05) is 12.4 Å². The molecule has 5 nitrogen and oxygen atoms in total. The van der Waals surface area contributed by atoms with Gasteiger partial charge in [0.2, 0.25) is 0 Å². The first kappa shape index (κ1) is 15.9. The number of carbonyl (C=O) groups is 1. The number of pyridine rings is 1. The SMILES string of the molecule is CCOC(=O)c1c(SCCC#N)c(C#N)c2cc(C)ccn12. The van der Waals surface area contributed by atoms with Crippen LogP contribution in [-0.2, 0) is 4.74 Å². The molecule has 0 atom stereocenters. The Balaban J connectivity index is 2.66. The Labute approximate surface area is 133 Å². The molecule has 2 heterocycles. The van der Waals surface area contributed by atoms with Crippen LogP contribution in [0.25, 0.3) is 5.52 Å². The molecule has 2 aromatic rings. The average molecular weight is 313 g/mol. The second-order valence-corrected chi connectivity index (χ2v) is 5.71. The quantitative estimate of drug-likeness (QED) is 0.481. The standard InChI is InChI=1S/C16H15N3O2S/c1-3-21-16(20)14-15(22-8-4-6-17)12(10-18)13-9-11(2)5-7-19(13)14/h5,7,9H,3-4,8H2,1-2H3. The van der Waals surface area contributed by atoms with Crippen molar-refractivity contribution in [3.8, 4) is 12.1 Å². The molecule has 6 heteroatoms. The molecule has 22 heavy (non-hydrogen) atoms. The Morgan fingerprint density at radius 1 is 1.45 bits per heavy atom. The van der Waals surface area contributed by atoms with Gasteiger partial charge in [0, 0.05) is 18.4 Å². The van der Waals surface area contributed by atoms with Gasteiger partial charge >= 0.3 is 5.97 Å². The summed E-state index contributed by atoms with van der Waals surface area (Å²) in [6, 6.07) is 7.99. The van der Waals surface area contributed by atoms with Gasteiger partial charge in [0.15, 0.2) is 0 Å². The zero-order valence-corrected chi connectivity index (χ0v) is 13.2. The van der Waals surface area contributed by atoms with E-state index >= 15 is 0 Å². The number of fused-ring (bicyclic) bond motifs is 1. The molecule has 2 rings (SSSR count). The Morgan fingerprint density at radius 3 is 2.86 bits per heavy atom. The van der Waals surface area contributed by atoms with Gasteiger partial charge in [0.25, 0.3) is 0 Å². The van der Waals surface area contributed by atoms with Crippen LogP contribution in [0.3, 0.4) is 0 Å². The van der Waals surface area contributed by atoms with E-state index in [1.165, 1.54) is 11.8 Å². The fraction of sp³-hybridized carbons (Fsp3) is 0.312. The fourth-order valence-electron chi connectivity index (χ4n) is 2.18. The molecule has 0 unspecified atom stereocenters. The summed E-state index contributed by atoms with van der Waals surface area (Å²) in [6.45, 7) is 3.94. The maximum Gasteiger partial charge on any atom is 0.356 e. The van der Waals surface area contributed by atoms with Crippen LogP contribution in [0.5, 0.6) is 0 Å². The summed E-state index contributed by atoms with van der Waals surface area (Å²) in [5.74, 6) is 0.0651. The molecule has 0 aliphatic rings. The van der Waals surface area contributed by atoms with Gasteiger partial charge in [-0.25, -0.2) is 4.79 Å². The number of thioether (sulfide) groups is 1. The Bertz CT molecular complexity index is 796. The van der Waals surface area contributed by atoms with Crippen molar-refractivity contribution in [1.82, 2.24) is 4.40 Å². The maximum atomic E-state index is 12.3. The van der Waals surface area contributed by atoms with Crippen molar-refractivity contribution in [1.29, 1.82) is 10.5 Å². The number of hydrogen-bond donors (Lipinski definition) is 0. The topological polar surface area (TPSA) is 78.3 Å². The lowest BCUT2D eigenvalue weighted by Crippen LogP contribution is -2.09. The largest absolute Gasteiger partial charge is 0.461 e. The van der Waals surface area contributed by atoms with E-state index in [-0.39, 0.29) is 6.61 Å². The van der Waals surface area contributed by atoms with E-state index in [1.807, 2.05) is 19.1 Å². The number of rotatable bonds is 5. The molecule has 0 N–H and O–H groups in total. The van der Waals surface area contributed by atoms with E-state index < -0.39 is 5.97 Å². The number of esters is 1. The summed E-state index contributed by atoms with van der Waals surface area (Å²) >= 11 is 1.34. The lowest BCUT2D eigenvalue weighted by atomic mass is 10.2. The third kappa shape index (κ3) is 2.93. The molecular weight excluding hydrogens is 298 g/mol. The Kier molecular flexibility index (Phi) is 5.08. The molecule has 0 amide bonds. The average Bonchev–Trinajstić information content (AvgIpc) is 2.80. The van der Waals surface area contributed by atoms with Crippen LogP contribution in [0.4, 0.5) is 0 Å². The van der Waals surface area contributed by atoms with E-state index in [4.69, 9.17) is 10.00 Å². The first-order valence-corrected chi connectivity index (χ1v) is 7.84. The summed E-state index contributed by atoms with van der Waals surface area (Å²) in [7, 11) is 0. The van der Waals surface area contributed by atoms with Crippen LogP contribution in [0.15, 0.2) is 23.2 Å². The highest BCUT2D eigenvalue weighted by molar-refractivity contribution is 7.99. The number of nitrogens with zero attached hydrogens (tertiary/aromatic N) is 3. The van der Waals surface area contributed by atoms with Crippen molar-refractivity contribution in [3.05, 3.63) is 35.2 Å². The van der Waals surface area contributed by atoms with Crippen molar-refractivity contribution in [2.24, 2.45) is 0 Å². The smallest absolute Gasteiger partial charge is 0.356 e. The van der Waals surface area contributed by atoms with Gasteiger partial charge in [-0.2, -0.15) is 10.5 Å². The minimum atomic E-state index is -0.456. The normalized spacial score (nSPS) is 10.2. The molecule has 0 aromatic carbocycles. The molecule has 0 saturated heterocycles. The summed E-state index contributed by atoms with van der Waals surface area (Å²) in [6.07, 6.45) is 2.12. The lowest BCUT2D eigenvalue weighted by molar-refractivity contribution is 0.0514. The summed E-state index contributed by atoms with van der Waals surface area (Å²) in [4.78, 5) is 12.9. The molecule has 0 bridgehead atoms. The van der Waals surface area contributed by atoms with Gasteiger partial charge in [-0.3, -0.25) is 0 Å². The van der Waals surface area contributed by atoms with Gasteiger partial charge in [-0.15, -0.1) is 11.8 Å². The number of aryl methyl sites for hydroxylation is 1. The van der Waals surface area contributed by atoms with E-state index in [2.05, 4.69) is 12.1 Å². The first-order chi connectivity index (χ1) is 10.6. The fourth-order valence-corrected chi connectivity index (χ4v) is 3.19. The molecular formula is C16H15N3O2S. The van der Waals surface area contributed by atoms with Gasteiger partial charge in [-0.05, 0) is 31.5 Å². The highest BCUT2D eigenvalue weighted by Crippen LogP contribution is 2.33. The van der Waals surface area contributed by atoms with E-state index in [1.54, 1.807) is 17.5 Å². The first-order valence-electron chi connectivity index (χ1n) is 6.85. The van der Waals surface area contributed by atoms with Crippen LogP contribution < -0.4 is 0 Å². The summed E-state index contributed by atoms with van der Waals surface area (Å²) < 4.78 is 6.82. The highest BCUT2D eigenvalue weighted by Gasteiger charge is 2.24. The monoisotopic (exact) mass is 313 g/mol. The predicted molar refractivity (Wildman–Crippen MR) is 83.8 cm³/mol. The Hall–Kier alpha value is -2.44. The molecule has 0 radical (unpaired) electrons. The van der Waals surface area contributed by atoms with Crippen molar-refractivity contribution in [3.63, 3.8) is 0 Å². The highest BCUT2D eigenvalue weighted by atomic mass is 32.2. The zero-order chi connectivity index (χ0) is 16.1. The number of carbonyl (C=O) groups excluding carboxylic acids is 1. The van der Waals surface area contributed by atoms with Crippen LogP contribution in [0.2, 0.25) is 0 Å². The van der Waals surface area contributed by atoms with Gasteiger partial charge < -0.3 is 9.14 Å². The van der Waals surface area contributed by atoms with Crippen LogP contribution in [0.1, 0.15) is 35.0 Å². The number of nitriles is 2. The minimum Gasteiger partial charge on any atom is -0.461 e. The molecule has 0 aliphatic heterocycles. The molecule has 2 aromatic heterocycles. The summed E-state index contributed by atoms with van der Waals surface area (Å²) in [5, 5.41) is 18.2. The van der Waals surface area contributed by atoms with Gasteiger partial charge in [0.05, 0.1) is 28.7 Å². The van der Waals surface area contributed by atoms with Gasteiger partial charge in [0.1, 0.15) is 11.8 Å². The van der Waals surface area contributed by atoms with Gasteiger partial charge in [-0.1, -0.05) is 0 Å². The molecule has 0 aliphatic carbocycles. The number of ether oxygens (including phenoxy) is 1. The molecule has 0 fully saturated rings. The van der Waals surface area contributed by atoms with E-state index in [0.29, 0.717) is 33.8 Å². The zero-order valence-electron chi connectivity index (χ0n) is 12.4. The lowest BCUT2D eigenvalue weighted by Gasteiger charge is -2.05. The van der Waals surface area contributed by atoms with E-state index in [9.17, 15) is 10.1 Å². The third-order valence-corrected chi connectivity index (χ3v) is 4.18. The van der Waals surface area contributed by atoms with Crippen molar-refractivity contribution >= 4 is 23.2 Å². The van der Waals surface area contributed by atoms with Crippen LogP contribution in [0, 0.1) is 29.6 Å². The second kappa shape index (κ2) is 7.02. The summed E-state index contributed by atoms with van der Waals surface area (Å²) in [5.41, 5.74) is 2.50. The van der Waals surface area contributed by atoms with Crippen molar-refractivity contribution < 1.29 is 9.53 Å². The number of aromatic nitrogens is 1. The molecule has 0 saturated carbocycles. The van der Waals surface area contributed by atoms with E-state index in [0.717, 1.165) is 5.56 Å². The Morgan fingerprint density at radius 2 is 2.23 bits per heavy atom.